The third-order valence-corrected chi connectivity index (χ3v) is 3.85. The van der Waals surface area contributed by atoms with Crippen LogP contribution in [0.25, 0.3) is 0 Å². The van der Waals surface area contributed by atoms with Crippen molar-refractivity contribution in [3.05, 3.63) is 52.5 Å². The number of ether oxygens (including phenoxy) is 1. The van der Waals surface area contributed by atoms with Gasteiger partial charge in [-0.3, -0.25) is 4.79 Å². The second kappa shape index (κ2) is 7.13. The lowest BCUT2D eigenvalue weighted by Crippen LogP contribution is -2.21. The summed E-state index contributed by atoms with van der Waals surface area (Å²) in [6.45, 7) is 2.21. The molecule has 0 aliphatic carbocycles. The van der Waals surface area contributed by atoms with Gasteiger partial charge in [-0.25, -0.2) is 0 Å². The molecule has 0 radical (unpaired) electrons. The highest BCUT2D eigenvalue weighted by atomic mass is 79.9. The summed E-state index contributed by atoms with van der Waals surface area (Å²) in [4.78, 5) is 11.9. The van der Waals surface area contributed by atoms with E-state index in [0.717, 1.165) is 15.7 Å². The maximum atomic E-state index is 11.9. The number of carbonyl (C=O) groups excluding carboxylic acids is 1. The summed E-state index contributed by atoms with van der Waals surface area (Å²) in [5, 5.41) is 5.92. The van der Waals surface area contributed by atoms with E-state index in [1.807, 2.05) is 43.3 Å². The summed E-state index contributed by atoms with van der Waals surface area (Å²) in [6, 6.07) is 13.1. The minimum absolute atomic E-state index is 0.108. The van der Waals surface area contributed by atoms with Crippen LogP contribution in [0.2, 0.25) is 0 Å². The second-order valence-electron chi connectivity index (χ2n) is 4.60. The Kier molecular flexibility index (Phi) is 5.22. The molecule has 0 aromatic heterocycles. The van der Waals surface area contributed by atoms with Crippen molar-refractivity contribution in [3.8, 4) is 5.75 Å². The maximum absolute atomic E-state index is 11.9. The van der Waals surface area contributed by atoms with Gasteiger partial charge in [0, 0.05) is 21.9 Å². The van der Waals surface area contributed by atoms with Crippen LogP contribution in [0, 0.1) is 6.92 Å². The molecule has 0 bridgehead atoms. The van der Waals surface area contributed by atoms with Crippen molar-refractivity contribution in [3.63, 3.8) is 0 Å². The van der Waals surface area contributed by atoms with Gasteiger partial charge in [0.1, 0.15) is 5.75 Å². The van der Waals surface area contributed by atoms with Crippen molar-refractivity contribution in [2.45, 2.75) is 6.92 Å². The van der Waals surface area contributed by atoms with Crippen molar-refractivity contribution < 1.29 is 9.53 Å². The molecule has 0 saturated heterocycles. The quantitative estimate of drug-likeness (QED) is 0.863. The van der Waals surface area contributed by atoms with Crippen LogP contribution in [0.3, 0.4) is 0 Å². The number of carbonyl (C=O) groups is 1. The summed E-state index contributed by atoms with van der Waals surface area (Å²) in [5.74, 6) is 0.605. The van der Waals surface area contributed by atoms with Gasteiger partial charge in [0.15, 0.2) is 0 Å². The first-order valence-electron chi connectivity index (χ1n) is 6.52. The molecule has 0 unspecified atom stereocenters. The van der Waals surface area contributed by atoms with Gasteiger partial charge in [0.05, 0.1) is 13.7 Å². The molecule has 4 nitrogen and oxygen atoms in total. The fourth-order valence-corrected chi connectivity index (χ4v) is 2.09. The number of anilines is 2. The molecule has 0 spiro atoms. The molecular formula is C16H17BrN2O2. The number of amides is 1. The molecule has 0 atom stereocenters. The molecule has 5 heteroatoms. The van der Waals surface area contributed by atoms with E-state index < -0.39 is 0 Å². The Balaban J connectivity index is 1.90. The molecule has 21 heavy (non-hydrogen) atoms. The Morgan fingerprint density at radius 3 is 2.71 bits per heavy atom. The Labute approximate surface area is 132 Å². The average molecular weight is 349 g/mol. The molecule has 1 amide bonds. The van der Waals surface area contributed by atoms with E-state index in [-0.39, 0.29) is 12.5 Å². The Bertz CT molecular complexity index is 644. The van der Waals surface area contributed by atoms with E-state index >= 15 is 0 Å². The van der Waals surface area contributed by atoms with Gasteiger partial charge in [-0.2, -0.15) is 0 Å². The number of aryl methyl sites for hydroxylation is 1. The summed E-state index contributed by atoms with van der Waals surface area (Å²) in [5.41, 5.74) is 2.75. The van der Waals surface area contributed by atoms with Crippen LogP contribution in [0.1, 0.15) is 5.56 Å². The highest BCUT2D eigenvalue weighted by Gasteiger charge is 2.04. The highest BCUT2D eigenvalue weighted by molar-refractivity contribution is 9.10. The van der Waals surface area contributed by atoms with E-state index in [2.05, 4.69) is 26.6 Å². The van der Waals surface area contributed by atoms with Crippen LogP contribution in [-0.4, -0.2) is 19.6 Å². The zero-order valence-electron chi connectivity index (χ0n) is 11.9. The standard InChI is InChI=1S/C16H17BrN2O2/c1-11-8-12(6-7-15(11)17)18-10-16(20)19-13-4-3-5-14(9-13)21-2/h3-9,18H,10H2,1-2H3,(H,19,20). The van der Waals surface area contributed by atoms with Crippen LogP contribution < -0.4 is 15.4 Å². The third kappa shape index (κ3) is 4.49. The number of rotatable bonds is 5. The Morgan fingerprint density at radius 1 is 1.19 bits per heavy atom. The monoisotopic (exact) mass is 348 g/mol. The van der Waals surface area contributed by atoms with Crippen molar-refractivity contribution in [2.24, 2.45) is 0 Å². The lowest BCUT2D eigenvalue weighted by Gasteiger charge is -2.10. The molecule has 2 aromatic carbocycles. The van der Waals surface area contributed by atoms with Crippen LogP contribution in [-0.2, 0) is 4.79 Å². The third-order valence-electron chi connectivity index (χ3n) is 2.96. The fraction of sp³-hybridized carbons (Fsp3) is 0.188. The number of halogens is 1. The molecule has 2 rings (SSSR count). The van der Waals surface area contributed by atoms with Crippen molar-refractivity contribution >= 4 is 33.2 Å². The molecule has 110 valence electrons. The van der Waals surface area contributed by atoms with Crippen molar-refractivity contribution in [2.75, 3.05) is 24.3 Å². The number of hydrogen-bond donors (Lipinski definition) is 2. The van der Waals surface area contributed by atoms with E-state index in [0.29, 0.717) is 11.4 Å². The smallest absolute Gasteiger partial charge is 0.243 e. The minimum Gasteiger partial charge on any atom is -0.497 e. The number of hydrogen-bond acceptors (Lipinski definition) is 3. The predicted octanol–water partition coefficient (Wildman–Crippen LogP) is 3.82. The SMILES string of the molecule is COc1cccc(NC(=O)CNc2ccc(Br)c(C)c2)c1. The van der Waals surface area contributed by atoms with Gasteiger partial charge in [0.2, 0.25) is 5.91 Å². The van der Waals surface area contributed by atoms with Gasteiger partial charge in [-0.05, 0) is 42.8 Å². The molecule has 0 heterocycles. The zero-order chi connectivity index (χ0) is 15.2. The molecule has 2 N–H and O–H groups in total. The van der Waals surface area contributed by atoms with Gasteiger partial charge in [0.25, 0.3) is 0 Å². The van der Waals surface area contributed by atoms with E-state index in [9.17, 15) is 4.79 Å². The lowest BCUT2D eigenvalue weighted by molar-refractivity contribution is -0.114. The van der Waals surface area contributed by atoms with E-state index in [4.69, 9.17) is 4.74 Å². The van der Waals surface area contributed by atoms with Crippen LogP contribution in [0.15, 0.2) is 46.9 Å². The number of nitrogens with one attached hydrogen (secondary N) is 2. The Hall–Kier alpha value is -2.01. The van der Waals surface area contributed by atoms with Gasteiger partial charge in [-0.15, -0.1) is 0 Å². The van der Waals surface area contributed by atoms with Crippen LogP contribution in [0.4, 0.5) is 11.4 Å². The molecule has 2 aromatic rings. The summed E-state index contributed by atoms with van der Waals surface area (Å²) in [6.07, 6.45) is 0. The van der Waals surface area contributed by atoms with Gasteiger partial charge >= 0.3 is 0 Å². The predicted molar refractivity (Wildman–Crippen MR) is 89.0 cm³/mol. The topological polar surface area (TPSA) is 50.4 Å². The zero-order valence-corrected chi connectivity index (χ0v) is 13.5. The first-order chi connectivity index (χ1) is 10.1. The van der Waals surface area contributed by atoms with Crippen molar-refractivity contribution in [1.82, 2.24) is 0 Å². The van der Waals surface area contributed by atoms with Gasteiger partial charge < -0.3 is 15.4 Å². The molecular weight excluding hydrogens is 332 g/mol. The highest BCUT2D eigenvalue weighted by Crippen LogP contribution is 2.20. The summed E-state index contributed by atoms with van der Waals surface area (Å²) >= 11 is 3.45. The average Bonchev–Trinajstić information content (AvgIpc) is 2.48. The minimum atomic E-state index is -0.108. The number of methoxy groups -OCH3 is 1. The molecule has 0 fully saturated rings. The Morgan fingerprint density at radius 2 is 2.00 bits per heavy atom. The molecule has 0 aliphatic rings. The molecule has 0 saturated carbocycles. The fourth-order valence-electron chi connectivity index (χ4n) is 1.84. The van der Waals surface area contributed by atoms with Crippen molar-refractivity contribution in [1.29, 1.82) is 0 Å². The summed E-state index contributed by atoms with van der Waals surface area (Å²) in [7, 11) is 1.60. The largest absolute Gasteiger partial charge is 0.497 e. The van der Waals surface area contributed by atoms with Crippen LogP contribution >= 0.6 is 15.9 Å². The first-order valence-corrected chi connectivity index (χ1v) is 7.31. The van der Waals surface area contributed by atoms with E-state index in [1.165, 1.54) is 0 Å². The van der Waals surface area contributed by atoms with E-state index in [1.54, 1.807) is 13.2 Å². The first kappa shape index (κ1) is 15.4. The number of benzene rings is 2. The van der Waals surface area contributed by atoms with Crippen LogP contribution in [0.5, 0.6) is 5.75 Å². The lowest BCUT2D eigenvalue weighted by atomic mass is 10.2. The van der Waals surface area contributed by atoms with Gasteiger partial charge in [-0.1, -0.05) is 22.0 Å². The maximum Gasteiger partial charge on any atom is 0.243 e. The molecule has 0 aliphatic heterocycles. The normalized spacial score (nSPS) is 10.0. The second-order valence-corrected chi connectivity index (χ2v) is 5.45. The summed E-state index contributed by atoms with van der Waals surface area (Å²) < 4.78 is 6.17.